The molecule has 2 N–H and O–H groups in total. The highest BCUT2D eigenvalue weighted by atomic mass is 79.9. The molecule has 16 heavy (non-hydrogen) atoms. The highest BCUT2D eigenvalue weighted by molar-refractivity contribution is 9.10. The van der Waals surface area contributed by atoms with E-state index in [1.165, 1.54) is 0 Å². The van der Waals surface area contributed by atoms with E-state index >= 15 is 0 Å². The Hall–Kier alpha value is -0.740. The summed E-state index contributed by atoms with van der Waals surface area (Å²) in [6.45, 7) is 3.81. The van der Waals surface area contributed by atoms with Crippen molar-refractivity contribution < 1.29 is 4.74 Å². The van der Waals surface area contributed by atoms with Gasteiger partial charge in [-0.15, -0.1) is 0 Å². The van der Waals surface area contributed by atoms with Crippen molar-refractivity contribution in [1.82, 2.24) is 0 Å². The van der Waals surface area contributed by atoms with E-state index in [1.54, 1.807) is 7.11 Å². The van der Waals surface area contributed by atoms with Gasteiger partial charge in [-0.2, -0.15) is 0 Å². The van der Waals surface area contributed by atoms with Crippen LogP contribution in [0.2, 0.25) is 0 Å². The fourth-order valence-electron chi connectivity index (χ4n) is 1.54. The van der Waals surface area contributed by atoms with Gasteiger partial charge in [0.05, 0.1) is 11.6 Å². The number of halogens is 1. The van der Waals surface area contributed by atoms with Gasteiger partial charge < -0.3 is 15.4 Å². The lowest BCUT2D eigenvalue weighted by Gasteiger charge is -2.23. The van der Waals surface area contributed by atoms with Gasteiger partial charge in [0.1, 0.15) is 5.75 Å². The first kappa shape index (κ1) is 13.3. The molecule has 0 aliphatic rings. The van der Waals surface area contributed by atoms with E-state index in [2.05, 4.69) is 40.9 Å². The summed E-state index contributed by atoms with van der Waals surface area (Å²) in [6, 6.07) is 6.07. The van der Waals surface area contributed by atoms with E-state index in [0.717, 1.165) is 22.5 Å². The van der Waals surface area contributed by atoms with Crippen LogP contribution in [0.4, 0.5) is 5.69 Å². The van der Waals surface area contributed by atoms with Crippen molar-refractivity contribution in [3.8, 4) is 5.75 Å². The van der Waals surface area contributed by atoms with Gasteiger partial charge in [0, 0.05) is 19.3 Å². The van der Waals surface area contributed by atoms with E-state index in [1.807, 2.05) is 12.1 Å². The molecule has 0 saturated carbocycles. The van der Waals surface area contributed by atoms with E-state index in [0.29, 0.717) is 12.5 Å². The molecule has 0 aliphatic heterocycles. The molecule has 0 aliphatic carbocycles. The van der Waals surface area contributed by atoms with Gasteiger partial charge in [0.15, 0.2) is 0 Å². The molecule has 1 unspecified atom stereocenters. The summed E-state index contributed by atoms with van der Waals surface area (Å²) < 4.78 is 6.17. The summed E-state index contributed by atoms with van der Waals surface area (Å²) in [4.78, 5) is 2.20. The van der Waals surface area contributed by atoms with Gasteiger partial charge in [-0.25, -0.2) is 0 Å². The second kappa shape index (κ2) is 6.11. The van der Waals surface area contributed by atoms with E-state index in [9.17, 15) is 0 Å². The number of hydrogen-bond donors (Lipinski definition) is 1. The average molecular weight is 287 g/mol. The van der Waals surface area contributed by atoms with E-state index in [4.69, 9.17) is 10.5 Å². The minimum absolute atomic E-state index is 0.492. The quantitative estimate of drug-likeness (QED) is 0.904. The minimum Gasteiger partial charge on any atom is -0.496 e. The number of ether oxygens (including phenoxy) is 1. The number of rotatable bonds is 5. The Morgan fingerprint density at radius 2 is 2.19 bits per heavy atom. The van der Waals surface area contributed by atoms with Crippen LogP contribution in [0.5, 0.6) is 5.75 Å². The Balaban J connectivity index is 2.76. The first-order chi connectivity index (χ1) is 7.58. The summed E-state index contributed by atoms with van der Waals surface area (Å²) >= 11 is 3.48. The molecule has 1 rings (SSSR count). The Bertz CT molecular complexity index is 344. The molecule has 0 saturated heterocycles. The zero-order valence-electron chi connectivity index (χ0n) is 10.0. The van der Waals surface area contributed by atoms with Crippen molar-refractivity contribution in [3.63, 3.8) is 0 Å². The van der Waals surface area contributed by atoms with Crippen LogP contribution >= 0.6 is 15.9 Å². The summed E-state index contributed by atoms with van der Waals surface area (Å²) in [5.41, 5.74) is 6.78. The lowest BCUT2D eigenvalue weighted by Crippen LogP contribution is -2.28. The van der Waals surface area contributed by atoms with Gasteiger partial charge in [-0.1, -0.05) is 6.92 Å². The molecule has 0 aromatic heterocycles. The zero-order chi connectivity index (χ0) is 12.1. The van der Waals surface area contributed by atoms with Crippen molar-refractivity contribution >= 4 is 21.6 Å². The normalized spacial score (nSPS) is 12.3. The number of nitrogens with two attached hydrogens (primary N) is 1. The van der Waals surface area contributed by atoms with Crippen LogP contribution in [0.25, 0.3) is 0 Å². The van der Waals surface area contributed by atoms with Crippen LogP contribution in [-0.2, 0) is 0 Å². The molecule has 0 fully saturated rings. The second-order valence-corrected chi connectivity index (χ2v) is 4.89. The number of nitrogens with zero attached hydrogens (tertiary/aromatic N) is 1. The minimum atomic E-state index is 0.492. The topological polar surface area (TPSA) is 38.5 Å². The maximum Gasteiger partial charge on any atom is 0.133 e. The number of methoxy groups -OCH3 is 1. The van der Waals surface area contributed by atoms with Crippen LogP contribution < -0.4 is 15.4 Å². The lowest BCUT2D eigenvalue weighted by molar-refractivity contribution is 0.412. The van der Waals surface area contributed by atoms with E-state index in [-0.39, 0.29) is 0 Å². The van der Waals surface area contributed by atoms with Crippen LogP contribution in [0.15, 0.2) is 22.7 Å². The van der Waals surface area contributed by atoms with Gasteiger partial charge in [-0.05, 0) is 46.6 Å². The number of anilines is 1. The Kier molecular flexibility index (Phi) is 5.09. The highest BCUT2D eigenvalue weighted by Crippen LogP contribution is 2.29. The van der Waals surface area contributed by atoms with Crippen molar-refractivity contribution in [2.75, 3.05) is 32.1 Å². The van der Waals surface area contributed by atoms with Crippen LogP contribution in [0.3, 0.4) is 0 Å². The Morgan fingerprint density at radius 3 is 2.69 bits per heavy atom. The summed E-state index contributed by atoms with van der Waals surface area (Å²) in [7, 11) is 3.74. The fraction of sp³-hybridized carbons (Fsp3) is 0.500. The predicted octanol–water partition coefficient (Wildman–Crippen LogP) is 2.49. The standard InChI is InChI=1S/C12H19BrN2O/c1-9(7-14)8-15(2)10-4-5-12(16-3)11(13)6-10/h4-6,9H,7-8,14H2,1-3H3. The van der Waals surface area contributed by atoms with Gasteiger partial charge >= 0.3 is 0 Å². The predicted molar refractivity (Wildman–Crippen MR) is 72.2 cm³/mol. The molecule has 0 radical (unpaired) electrons. The molecule has 1 aromatic carbocycles. The van der Waals surface area contributed by atoms with Crippen molar-refractivity contribution in [2.45, 2.75) is 6.92 Å². The molecule has 0 spiro atoms. The van der Waals surface area contributed by atoms with E-state index < -0.39 is 0 Å². The van der Waals surface area contributed by atoms with Gasteiger partial charge in [0.2, 0.25) is 0 Å². The molecule has 90 valence electrons. The number of benzene rings is 1. The fourth-order valence-corrected chi connectivity index (χ4v) is 2.07. The first-order valence-corrected chi connectivity index (χ1v) is 6.12. The summed E-state index contributed by atoms with van der Waals surface area (Å²) in [5.74, 6) is 1.34. The smallest absolute Gasteiger partial charge is 0.133 e. The molecule has 0 bridgehead atoms. The third-order valence-electron chi connectivity index (χ3n) is 2.56. The van der Waals surface area contributed by atoms with Crippen LogP contribution in [0, 0.1) is 5.92 Å². The molecule has 0 amide bonds. The third-order valence-corrected chi connectivity index (χ3v) is 3.18. The average Bonchev–Trinajstić information content (AvgIpc) is 2.28. The molecule has 0 heterocycles. The molecule has 3 nitrogen and oxygen atoms in total. The molecule has 4 heteroatoms. The van der Waals surface area contributed by atoms with Crippen LogP contribution in [-0.4, -0.2) is 27.2 Å². The van der Waals surface area contributed by atoms with Crippen molar-refractivity contribution in [1.29, 1.82) is 0 Å². The van der Waals surface area contributed by atoms with Gasteiger partial charge in [-0.3, -0.25) is 0 Å². The van der Waals surface area contributed by atoms with Gasteiger partial charge in [0.25, 0.3) is 0 Å². The number of hydrogen-bond acceptors (Lipinski definition) is 3. The maximum atomic E-state index is 5.62. The monoisotopic (exact) mass is 286 g/mol. The second-order valence-electron chi connectivity index (χ2n) is 4.04. The zero-order valence-corrected chi connectivity index (χ0v) is 11.6. The SMILES string of the molecule is COc1ccc(N(C)CC(C)CN)cc1Br. The molecule has 1 aromatic rings. The Labute approximate surface area is 106 Å². The summed E-state index contributed by atoms with van der Waals surface area (Å²) in [5, 5.41) is 0. The largest absolute Gasteiger partial charge is 0.496 e. The maximum absolute atomic E-state index is 5.62. The molecular weight excluding hydrogens is 268 g/mol. The van der Waals surface area contributed by atoms with Crippen molar-refractivity contribution in [2.24, 2.45) is 11.7 Å². The van der Waals surface area contributed by atoms with Crippen LogP contribution in [0.1, 0.15) is 6.92 Å². The van der Waals surface area contributed by atoms with Crippen molar-refractivity contribution in [3.05, 3.63) is 22.7 Å². The highest BCUT2D eigenvalue weighted by Gasteiger charge is 2.08. The third kappa shape index (κ3) is 3.39. The Morgan fingerprint density at radius 1 is 1.50 bits per heavy atom. The lowest BCUT2D eigenvalue weighted by atomic mass is 10.1. The molecular formula is C12H19BrN2O. The molecule has 1 atom stereocenters. The summed E-state index contributed by atoms with van der Waals surface area (Å²) in [6.07, 6.45) is 0. The first-order valence-electron chi connectivity index (χ1n) is 5.33.